The van der Waals surface area contributed by atoms with Crippen molar-refractivity contribution in [3.8, 4) is 0 Å². The fourth-order valence-electron chi connectivity index (χ4n) is 1.23. The number of thiophene rings is 1. The van der Waals surface area contributed by atoms with Gasteiger partial charge in [0.15, 0.2) is 0 Å². The Morgan fingerprint density at radius 3 is 2.71 bits per heavy atom. The summed E-state index contributed by atoms with van der Waals surface area (Å²) in [6.07, 6.45) is 1.17. The lowest BCUT2D eigenvalue weighted by atomic mass is 9.98. The van der Waals surface area contributed by atoms with Crippen molar-refractivity contribution in [2.24, 2.45) is 11.8 Å². The first-order chi connectivity index (χ1) is 6.70. The minimum absolute atomic E-state index is 0.776. The Kier molecular flexibility index (Phi) is 5.20. The number of hydrogen-bond acceptors (Lipinski definition) is 2. The van der Waals surface area contributed by atoms with Crippen molar-refractivity contribution in [3.63, 3.8) is 0 Å². The molecule has 0 saturated heterocycles. The van der Waals surface area contributed by atoms with Crippen LogP contribution in [0.5, 0.6) is 0 Å². The van der Waals surface area contributed by atoms with Gasteiger partial charge in [-0.1, -0.05) is 26.8 Å². The maximum absolute atomic E-state index is 3.51. The molecular weight excluding hydrogens is 190 g/mol. The molecule has 0 fully saturated rings. The molecule has 0 aliphatic rings. The van der Waals surface area contributed by atoms with E-state index >= 15 is 0 Å². The molecule has 1 atom stereocenters. The summed E-state index contributed by atoms with van der Waals surface area (Å²) in [5.41, 5.74) is 0. The van der Waals surface area contributed by atoms with Crippen LogP contribution in [0.15, 0.2) is 17.5 Å². The molecule has 0 saturated carbocycles. The van der Waals surface area contributed by atoms with Crippen molar-refractivity contribution in [2.45, 2.75) is 27.2 Å². The smallest absolute Gasteiger partial charge is 0.00578 e. The van der Waals surface area contributed by atoms with Crippen LogP contribution in [0.4, 0.5) is 0 Å². The van der Waals surface area contributed by atoms with Gasteiger partial charge in [-0.15, -0.1) is 11.3 Å². The summed E-state index contributed by atoms with van der Waals surface area (Å²) in [7, 11) is 0. The highest BCUT2D eigenvalue weighted by atomic mass is 32.1. The van der Waals surface area contributed by atoms with E-state index in [2.05, 4.69) is 43.6 Å². The van der Waals surface area contributed by atoms with Crippen molar-refractivity contribution >= 4 is 11.3 Å². The molecule has 0 aliphatic heterocycles. The quantitative estimate of drug-likeness (QED) is 0.713. The molecule has 80 valence electrons. The lowest BCUT2D eigenvalue weighted by Crippen LogP contribution is -2.25. The van der Waals surface area contributed by atoms with Gasteiger partial charge in [-0.25, -0.2) is 0 Å². The van der Waals surface area contributed by atoms with Crippen LogP contribution < -0.4 is 5.32 Å². The van der Waals surface area contributed by atoms with Crippen LogP contribution in [0.3, 0.4) is 0 Å². The lowest BCUT2D eigenvalue weighted by Gasteiger charge is -2.15. The maximum Gasteiger partial charge on any atom is 0.00578 e. The summed E-state index contributed by atoms with van der Waals surface area (Å²) in [4.78, 5) is 1.48. The van der Waals surface area contributed by atoms with Gasteiger partial charge in [0.05, 0.1) is 0 Å². The zero-order valence-electron chi connectivity index (χ0n) is 9.42. The van der Waals surface area contributed by atoms with Gasteiger partial charge in [0.25, 0.3) is 0 Å². The Balaban J connectivity index is 2.05. The van der Waals surface area contributed by atoms with Gasteiger partial charge < -0.3 is 5.32 Å². The van der Waals surface area contributed by atoms with Crippen LogP contribution in [-0.4, -0.2) is 13.1 Å². The summed E-state index contributed by atoms with van der Waals surface area (Å²) in [5.74, 6) is 1.56. The predicted octanol–water partition coefficient (Wildman–Crippen LogP) is 3.17. The monoisotopic (exact) mass is 211 g/mol. The number of nitrogens with one attached hydrogen (secondary N) is 1. The third-order valence-electron chi connectivity index (χ3n) is 2.73. The Morgan fingerprint density at radius 2 is 2.14 bits per heavy atom. The topological polar surface area (TPSA) is 12.0 Å². The molecular formula is C12H21NS. The van der Waals surface area contributed by atoms with E-state index in [9.17, 15) is 0 Å². The van der Waals surface area contributed by atoms with Gasteiger partial charge in [0.2, 0.25) is 0 Å². The Morgan fingerprint density at radius 1 is 1.36 bits per heavy atom. The van der Waals surface area contributed by atoms with Crippen LogP contribution in [0, 0.1) is 11.8 Å². The first-order valence-electron chi connectivity index (χ1n) is 5.43. The fourth-order valence-corrected chi connectivity index (χ4v) is 1.94. The highest BCUT2D eigenvalue weighted by Gasteiger charge is 2.05. The largest absolute Gasteiger partial charge is 0.316 e. The summed E-state index contributed by atoms with van der Waals surface area (Å²) in [5, 5.41) is 5.66. The van der Waals surface area contributed by atoms with E-state index in [1.54, 1.807) is 0 Å². The van der Waals surface area contributed by atoms with Crippen molar-refractivity contribution < 1.29 is 0 Å². The zero-order chi connectivity index (χ0) is 10.4. The third kappa shape index (κ3) is 4.25. The summed E-state index contributed by atoms with van der Waals surface area (Å²) >= 11 is 1.85. The van der Waals surface area contributed by atoms with E-state index in [1.807, 2.05) is 11.3 Å². The second-order valence-electron chi connectivity index (χ2n) is 4.25. The van der Waals surface area contributed by atoms with Crippen molar-refractivity contribution in [1.29, 1.82) is 0 Å². The molecule has 1 nitrogen and oxygen atoms in total. The van der Waals surface area contributed by atoms with E-state index in [4.69, 9.17) is 0 Å². The number of hydrogen-bond donors (Lipinski definition) is 1. The van der Waals surface area contributed by atoms with E-state index < -0.39 is 0 Å². The minimum atomic E-state index is 0.776. The second kappa shape index (κ2) is 6.20. The average molecular weight is 211 g/mol. The summed E-state index contributed by atoms with van der Waals surface area (Å²) in [6.45, 7) is 9.13. The minimum Gasteiger partial charge on any atom is -0.316 e. The van der Waals surface area contributed by atoms with E-state index in [0.29, 0.717) is 0 Å². The van der Waals surface area contributed by atoms with Crippen molar-refractivity contribution in [3.05, 3.63) is 22.4 Å². The van der Waals surface area contributed by atoms with E-state index in [-0.39, 0.29) is 0 Å². The van der Waals surface area contributed by atoms with E-state index in [0.717, 1.165) is 24.9 Å². The first kappa shape index (κ1) is 11.7. The summed E-state index contributed by atoms with van der Waals surface area (Å²) < 4.78 is 0. The van der Waals surface area contributed by atoms with Crippen LogP contribution >= 0.6 is 11.3 Å². The molecule has 0 radical (unpaired) electrons. The molecule has 0 aromatic carbocycles. The first-order valence-corrected chi connectivity index (χ1v) is 6.31. The molecule has 0 aliphatic carbocycles. The summed E-state index contributed by atoms with van der Waals surface area (Å²) in [6, 6.07) is 4.33. The molecule has 1 heterocycles. The molecule has 14 heavy (non-hydrogen) atoms. The maximum atomic E-state index is 3.51. The molecule has 0 bridgehead atoms. The van der Waals surface area contributed by atoms with Gasteiger partial charge in [-0.2, -0.15) is 0 Å². The fraction of sp³-hybridized carbons (Fsp3) is 0.667. The molecule has 1 aromatic rings. The van der Waals surface area contributed by atoms with Crippen LogP contribution in [-0.2, 0) is 6.42 Å². The molecule has 1 aromatic heterocycles. The standard InChI is InChI=1S/C12H21NS/c1-10(2)11(3)9-13-7-6-12-5-4-8-14-12/h4-5,8,10-11,13H,6-7,9H2,1-3H3. The van der Waals surface area contributed by atoms with E-state index in [1.165, 1.54) is 11.3 Å². The van der Waals surface area contributed by atoms with Gasteiger partial charge in [-0.05, 0) is 42.8 Å². The third-order valence-corrected chi connectivity index (χ3v) is 3.67. The average Bonchev–Trinajstić information content (AvgIpc) is 2.64. The van der Waals surface area contributed by atoms with Crippen LogP contribution in [0.1, 0.15) is 25.6 Å². The molecule has 1 unspecified atom stereocenters. The van der Waals surface area contributed by atoms with Gasteiger partial charge in [0.1, 0.15) is 0 Å². The zero-order valence-corrected chi connectivity index (χ0v) is 10.2. The van der Waals surface area contributed by atoms with Gasteiger partial charge in [-0.3, -0.25) is 0 Å². The Hall–Kier alpha value is -0.340. The Labute approximate surface area is 91.5 Å². The number of rotatable bonds is 6. The predicted molar refractivity (Wildman–Crippen MR) is 64.9 cm³/mol. The molecule has 0 spiro atoms. The normalized spacial score (nSPS) is 13.4. The molecule has 1 rings (SSSR count). The van der Waals surface area contributed by atoms with Crippen molar-refractivity contribution in [1.82, 2.24) is 5.32 Å². The van der Waals surface area contributed by atoms with Crippen molar-refractivity contribution in [2.75, 3.05) is 13.1 Å². The lowest BCUT2D eigenvalue weighted by molar-refractivity contribution is 0.394. The highest BCUT2D eigenvalue weighted by molar-refractivity contribution is 7.09. The SMILES string of the molecule is CC(C)C(C)CNCCc1cccs1. The molecule has 2 heteroatoms. The second-order valence-corrected chi connectivity index (χ2v) is 5.29. The molecule has 0 amide bonds. The Bertz CT molecular complexity index is 228. The highest BCUT2D eigenvalue weighted by Crippen LogP contribution is 2.09. The molecule has 1 N–H and O–H groups in total. The van der Waals surface area contributed by atoms with Crippen LogP contribution in [0.25, 0.3) is 0 Å². The van der Waals surface area contributed by atoms with Crippen LogP contribution in [0.2, 0.25) is 0 Å². The van der Waals surface area contributed by atoms with Gasteiger partial charge >= 0.3 is 0 Å². The van der Waals surface area contributed by atoms with Gasteiger partial charge in [0, 0.05) is 4.88 Å².